The summed E-state index contributed by atoms with van der Waals surface area (Å²) in [5.74, 6) is 0.620. The molecule has 0 saturated carbocycles. The molecular formula is C22H27N3O4S. The zero-order chi connectivity index (χ0) is 21.9. The van der Waals surface area contributed by atoms with Crippen LogP contribution in [0.25, 0.3) is 0 Å². The van der Waals surface area contributed by atoms with Gasteiger partial charge in [-0.1, -0.05) is 17.7 Å². The van der Waals surface area contributed by atoms with Crippen molar-refractivity contribution < 1.29 is 18.3 Å². The lowest BCUT2D eigenvalue weighted by atomic mass is 10.2. The van der Waals surface area contributed by atoms with Crippen molar-refractivity contribution in [3.8, 4) is 5.75 Å². The molecule has 0 amide bonds. The molecule has 160 valence electrons. The standard InChI is InChI=1S/C22H27N3O4S/c1-16-5-11-22(12-6-16)30(27,28)25(19-7-9-21(29-4)10-8-19)15-20(26)14-24-18(3)13-17(2)23-24/h5-13,20,26H,14-15H2,1-4H3/t20-/m0/s1. The van der Waals surface area contributed by atoms with E-state index in [0.29, 0.717) is 11.4 Å². The summed E-state index contributed by atoms with van der Waals surface area (Å²) in [6.45, 7) is 5.75. The number of anilines is 1. The van der Waals surface area contributed by atoms with Gasteiger partial charge in [0.1, 0.15) is 5.75 Å². The molecule has 8 heteroatoms. The number of hydrogen-bond acceptors (Lipinski definition) is 5. The predicted molar refractivity (Wildman–Crippen MR) is 116 cm³/mol. The fraction of sp³-hybridized carbons (Fsp3) is 0.318. The molecule has 0 bridgehead atoms. The van der Waals surface area contributed by atoms with Crippen molar-refractivity contribution in [2.24, 2.45) is 0 Å². The number of aromatic nitrogens is 2. The molecule has 0 unspecified atom stereocenters. The third-order valence-electron chi connectivity index (χ3n) is 4.83. The highest BCUT2D eigenvalue weighted by Gasteiger charge is 2.27. The summed E-state index contributed by atoms with van der Waals surface area (Å²) in [6, 6.07) is 15.3. The lowest BCUT2D eigenvalue weighted by Gasteiger charge is -2.27. The van der Waals surface area contributed by atoms with E-state index in [-0.39, 0.29) is 18.0 Å². The van der Waals surface area contributed by atoms with Crippen LogP contribution in [0.15, 0.2) is 59.5 Å². The van der Waals surface area contributed by atoms with E-state index in [1.807, 2.05) is 26.8 Å². The lowest BCUT2D eigenvalue weighted by molar-refractivity contribution is 0.157. The molecule has 1 atom stereocenters. The number of aliphatic hydroxyl groups is 1. The lowest BCUT2D eigenvalue weighted by Crippen LogP contribution is -2.39. The van der Waals surface area contributed by atoms with Gasteiger partial charge in [0.25, 0.3) is 10.0 Å². The van der Waals surface area contributed by atoms with E-state index in [2.05, 4.69) is 5.10 Å². The monoisotopic (exact) mass is 429 g/mol. The minimum absolute atomic E-state index is 0.110. The van der Waals surface area contributed by atoms with Gasteiger partial charge >= 0.3 is 0 Å². The van der Waals surface area contributed by atoms with Gasteiger partial charge in [-0.3, -0.25) is 8.99 Å². The number of methoxy groups -OCH3 is 1. The number of ether oxygens (including phenoxy) is 1. The van der Waals surface area contributed by atoms with Gasteiger partial charge in [0.2, 0.25) is 0 Å². The van der Waals surface area contributed by atoms with E-state index in [0.717, 1.165) is 17.0 Å². The number of nitrogens with zero attached hydrogens (tertiary/aromatic N) is 3. The molecule has 1 aromatic heterocycles. The van der Waals surface area contributed by atoms with E-state index in [1.165, 1.54) is 4.31 Å². The maximum Gasteiger partial charge on any atom is 0.264 e. The highest BCUT2D eigenvalue weighted by molar-refractivity contribution is 7.92. The van der Waals surface area contributed by atoms with Crippen LogP contribution in [0.1, 0.15) is 17.0 Å². The summed E-state index contributed by atoms with van der Waals surface area (Å²) >= 11 is 0. The summed E-state index contributed by atoms with van der Waals surface area (Å²) in [5.41, 5.74) is 3.17. The van der Waals surface area contributed by atoms with Gasteiger partial charge < -0.3 is 9.84 Å². The Kier molecular flexibility index (Phi) is 6.48. The Labute approximate surface area is 177 Å². The first-order chi connectivity index (χ1) is 14.2. The molecule has 1 heterocycles. The first-order valence-corrected chi connectivity index (χ1v) is 11.1. The highest BCUT2D eigenvalue weighted by Crippen LogP contribution is 2.26. The van der Waals surface area contributed by atoms with Gasteiger partial charge in [0.15, 0.2) is 0 Å². The maximum atomic E-state index is 13.4. The number of aryl methyl sites for hydroxylation is 3. The Hall–Kier alpha value is -2.84. The number of benzene rings is 2. The Morgan fingerprint density at radius 3 is 2.23 bits per heavy atom. The van der Waals surface area contributed by atoms with Crippen molar-refractivity contribution in [1.29, 1.82) is 0 Å². The van der Waals surface area contributed by atoms with Crippen LogP contribution in [-0.2, 0) is 16.6 Å². The molecule has 3 aromatic rings. The quantitative estimate of drug-likeness (QED) is 0.595. The van der Waals surface area contributed by atoms with Crippen LogP contribution in [0.4, 0.5) is 5.69 Å². The molecule has 1 N–H and O–H groups in total. The van der Waals surface area contributed by atoms with Gasteiger partial charge in [0, 0.05) is 5.69 Å². The molecule has 2 aromatic carbocycles. The molecule has 7 nitrogen and oxygen atoms in total. The fourth-order valence-corrected chi connectivity index (χ4v) is 4.74. The smallest absolute Gasteiger partial charge is 0.264 e. The minimum atomic E-state index is -3.88. The van der Waals surface area contributed by atoms with Crippen LogP contribution < -0.4 is 9.04 Å². The highest BCUT2D eigenvalue weighted by atomic mass is 32.2. The molecule has 3 rings (SSSR count). The van der Waals surface area contributed by atoms with Crippen LogP contribution in [0, 0.1) is 20.8 Å². The zero-order valence-electron chi connectivity index (χ0n) is 17.6. The Morgan fingerprint density at radius 1 is 1.07 bits per heavy atom. The first kappa shape index (κ1) is 21.9. The first-order valence-electron chi connectivity index (χ1n) is 9.63. The largest absolute Gasteiger partial charge is 0.497 e. The van der Waals surface area contributed by atoms with Gasteiger partial charge in [-0.2, -0.15) is 5.10 Å². The van der Waals surface area contributed by atoms with E-state index < -0.39 is 16.1 Å². The Morgan fingerprint density at radius 2 is 1.70 bits per heavy atom. The third-order valence-corrected chi connectivity index (χ3v) is 6.64. The van der Waals surface area contributed by atoms with E-state index in [1.54, 1.807) is 60.3 Å². The van der Waals surface area contributed by atoms with Crippen molar-refractivity contribution in [1.82, 2.24) is 9.78 Å². The van der Waals surface area contributed by atoms with Crippen molar-refractivity contribution in [3.63, 3.8) is 0 Å². The number of sulfonamides is 1. The molecule has 0 aliphatic carbocycles. The van der Waals surface area contributed by atoms with Gasteiger partial charge in [0.05, 0.1) is 42.6 Å². The van der Waals surface area contributed by atoms with E-state index >= 15 is 0 Å². The molecule has 0 aliphatic heterocycles. The van der Waals surface area contributed by atoms with Crippen LogP contribution in [0.3, 0.4) is 0 Å². The number of hydrogen-bond donors (Lipinski definition) is 1. The molecule has 30 heavy (non-hydrogen) atoms. The number of aliphatic hydroxyl groups excluding tert-OH is 1. The SMILES string of the molecule is COc1ccc(N(C[C@@H](O)Cn2nc(C)cc2C)S(=O)(=O)c2ccc(C)cc2)cc1. The molecule has 0 fully saturated rings. The van der Waals surface area contributed by atoms with E-state index in [4.69, 9.17) is 4.74 Å². The minimum Gasteiger partial charge on any atom is -0.497 e. The summed E-state index contributed by atoms with van der Waals surface area (Å²) < 4.78 is 34.9. The molecule has 0 radical (unpaired) electrons. The van der Waals surface area contributed by atoms with Gasteiger partial charge in [-0.15, -0.1) is 0 Å². The summed E-state index contributed by atoms with van der Waals surface area (Å²) in [4.78, 5) is 0.169. The fourth-order valence-electron chi connectivity index (χ4n) is 3.24. The normalized spacial score (nSPS) is 12.6. The zero-order valence-corrected chi connectivity index (χ0v) is 18.4. The second-order valence-electron chi connectivity index (χ2n) is 7.31. The molecule has 0 aliphatic rings. The second-order valence-corrected chi connectivity index (χ2v) is 9.17. The average molecular weight is 430 g/mol. The van der Waals surface area contributed by atoms with Crippen LogP contribution in [0.2, 0.25) is 0 Å². The average Bonchev–Trinajstić information content (AvgIpc) is 3.03. The van der Waals surface area contributed by atoms with Crippen LogP contribution in [-0.4, -0.2) is 43.1 Å². The van der Waals surface area contributed by atoms with Crippen molar-refractivity contribution >= 4 is 15.7 Å². The topological polar surface area (TPSA) is 84.7 Å². The Balaban J connectivity index is 1.94. The van der Waals surface area contributed by atoms with Crippen LogP contribution >= 0.6 is 0 Å². The van der Waals surface area contributed by atoms with Crippen molar-refractivity contribution in [2.75, 3.05) is 18.0 Å². The second kappa shape index (κ2) is 8.89. The summed E-state index contributed by atoms with van der Waals surface area (Å²) in [7, 11) is -2.33. The summed E-state index contributed by atoms with van der Waals surface area (Å²) in [6.07, 6.45) is -0.953. The third kappa shape index (κ3) is 4.83. The van der Waals surface area contributed by atoms with Crippen LogP contribution in [0.5, 0.6) is 5.75 Å². The van der Waals surface area contributed by atoms with E-state index in [9.17, 15) is 13.5 Å². The van der Waals surface area contributed by atoms with Crippen molar-refractivity contribution in [3.05, 3.63) is 71.5 Å². The summed E-state index contributed by atoms with van der Waals surface area (Å²) in [5, 5.41) is 15.1. The Bertz CT molecular complexity index is 1090. The number of rotatable bonds is 8. The molecule has 0 spiro atoms. The maximum absolute atomic E-state index is 13.4. The van der Waals surface area contributed by atoms with Gasteiger partial charge in [-0.05, 0) is 63.2 Å². The predicted octanol–water partition coefficient (Wildman–Crippen LogP) is 3.07. The van der Waals surface area contributed by atoms with Gasteiger partial charge in [-0.25, -0.2) is 8.42 Å². The van der Waals surface area contributed by atoms with Crippen molar-refractivity contribution in [2.45, 2.75) is 38.3 Å². The molecule has 0 saturated heterocycles. The molecular weight excluding hydrogens is 402 g/mol.